The van der Waals surface area contributed by atoms with Gasteiger partial charge >= 0.3 is 0 Å². The molecule has 1 aliphatic heterocycles. The topological polar surface area (TPSA) is 50.4 Å². The third kappa shape index (κ3) is 5.61. The Kier molecular flexibility index (Phi) is 6.07. The molecule has 0 saturated carbocycles. The lowest BCUT2D eigenvalue weighted by Crippen LogP contribution is -2.46. The summed E-state index contributed by atoms with van der Waals surface area (Å²) in [5.74, 6) is 0.871. The minimum absolute atomic E-state index is 0.0736. The van der Waals surface area contributed by atoms with Crippen LogP contribution in [-0.4, -0.2) is 25.0 Å². The van der Waals surface area contributed by atoms with Crippen LogP contribution >= 0.6 is 0 Å². The predicted octanol–water partition coefficient (Wildman–Crippen LogP) is 2.98. The minimum atomic E-state index is 0.0736. The highest BCUT2D eigenvalue weighted by molar-refractivity contribution is 5.79. The fourth-order valence-corrected chi connectivity index (χ4v) is 3.15. The summed E-state index contributed by atoms with van der Waals surface area (Å²) in [6.07, 6.45) is 2.56. The molecule has 4 heteroatoms. The summed E-state index contributed by atoms with van der Waals surface area (Å²) < 4.78 is 5.88. The maximum atomic E-state index is 12.2. The molecule has 4 nitrogen and oxygen atoms in total. The fourth-order valence-electron chi connectivity index (χ4n) is 3.15. The number of hydrogen-bond acceptors (Lipinski definition) is 3. The number of carbonyl (C=O) groups is 1. The SMILES string of the molecule is Cc1cccc(COc2cccc(CC(=O)NC3CCCNC3)c2)c1. The predicted molar refractivity (Wildman–Crippen MR) is 99.7 cm³/mol. The summed E-state index contributed by atoms with van der Waals surface area (Å²) in [6.45, 7) is 4.52. The number of rotatable bonds is 6. The van der Waals surface area contributed by atoms with E-state index in [1.807, 2.05) is 30.3 Å². The van der Waals surface area contributed by atoms with Gasteiger partial charge in [0.25, 0.3) is 0 Å². The van der Waals surface area contributed by atoms with Crippen molar-refractivity contribution in [3.63, 3.8) is 0 Å². The van der Waals surface area contributed by atoms with Crippen LogP contribution in [0.5, 0.6) is 5.75 Å². The summed E-state index contributed by atoms with van der Waals surface area (Å²) >= 11 is 0. The van der Waals surface area contributed by atoms with Crippen LogP contribution in [0.15, 0.2) is 48.5 Å². The fraction of sp³-hybridized carbons (Fsp3) is 0.381. The monoisotopic (exact) mass is 338 g/mol. The van der Waals surface area contributed by atoms with Gasteiger partial charge in [0.1, 0.15) is 12.4 Å². The summed E-state index contributed by atoms with van der Waals surface area (Å²) in [7, 11) is 0. The number of hydrogen-bond donors (Lipinski definition) is 2. The molecule has 1 heterocycles. The zero-order chi connectivity index (χ0) is 17.5. The van der Waals surface area contributed by atoms with Crippen molar-refractivity contribution in [2.24, 2.45) is 0 Å². The first-order chi connectivity index (χ1) is 12.2. The Balaban J connectivity index is 1.52. The van der Waals surface area contributed by atoms with Crippen LogP contribution in [0.3, 0.4) is 0 Å². The van der Waals surface area contributed by atoms with E-state index in [1.54, 1.807) is 0 Å². The molecular weight excluding hydrogens is 312 g/mol. The van der Waals surface area contributed by atoms with Crippen molar-refractivity contribution >= 4 is 5.91 Å². The van der Waals surface area contributed by atoms with Gasteiger partial charge in [-0.2, -0.15) is 0 Å². The average molecular weight is 338 g/mol. The molecule has 1 amide bonds. The van der Waals surface area contributed by atoms with Crippen molar-refractivity contribution in [2.75, 3.05) is 13.1 Å². The summed E-state index contributed by atoms with van der Waals surface area (Å²) in [5.41, 5.74) is 3.35. The number of ether oxygens (including phenoxy) is 1. The highest BCUT2D eigenvalue weighted by Crippen LogP contribution is 2.16. The van der Waals surface area contributed by atoms with Gasteiger partial charge in [0.05, 0.1) is 6.42 Å². The largest absolute Gasteiger partial charge is 0.489 e. The lowest BCUT2D eigenvalue weighted by molar-refractivity contribution is -0.121. The molecule has 1 saturated heterocycles. The molecule has 25 heavy (non-hydrogen) atoms. The maximum absolute atomic E-state index is 12.2. The first-order valence-corrected chi connectivity index (χ1v) is 8.96. The van der Waals surface area contributed by atoms with Gasteiger partial charge in [0.15, 0.2) is 0 Å². The van der Waals surface area contributed by atoms with E-state index in [9.17, 15) is 4.79 Å². The van der Waals surface area contributed by atoms with E-state index in [4.69, 9.17) is 4.74 Å². The molecule has 0 spiro atoms. The molecule has 2 aromatic carbocycles. The number of aryl methyl sites for hydroxylation is 1. The molecule has 0 aromatic heterocycles. The highest BCUT2D eigenvalue weighted by Gasteiger charge is 2.15. The van der Waals surface area contributed by atoms with E-state index in [0.29, 0.717) is 13.0 Å². The van der Waals surface area contributed by atoms with Gasteiger partial charge in [-0.3, -0.25) is 4.79 Å². The van der Waals surface area contributed by atoms with Crippen molar-refractivity contribution in [3.05, 3.63) is 65.2 Å². The van der Waals surface area contributed by atoms with Gasteiger partial charge in [0.2, 0.25) is 5.91 Å². The van der Waals surface area contributed by atoms with Crippen LogP contribution in [0.1, 0.15) is 29.5 Å². The second kappa shape index (κ2) is 8.67. The second-order valence-electron chi connectivity index (χ2n) is 6.71. The van der Waals surface area contributed by atoms with Crippen LogP contribution < -0.4 is 15.4 Å². The van der Waals surface area contributed by atoms with E-state index >= 15 is 0 Å². The molecule has 132 valence electrons. The third-order valence-electron chi connectivity index (χ3n) is 4.41. The Labute approximate surface area is 149 Å². The van der Waals surface area contributed by atoms with Crippen LogP contribution in [-0.2, 0) is 17.8 Å². The van der Waals surface area contributed by atoms with E-state index < -0.39 is 0 Å². The molecule has 1 unspecified atom stereocenters. The molecule has 1 aliphatic rings. The number of benzene rings is 2. The Morgan fingerprint density at radius 3 is 2.84 bits per heavy atom. The maximum Gasteiger partial charge on any atom is 0.224 e. The Hall–Kier alpha value is -2.33. The smallest absolute Gasteiger partial charge is 0.224 e. The van der Waals surface area contributed by atoms with E-state index in [-0.39, 0.29) is 11.9 Å². The first kappa shape index (κ1) is 17.5. The van der Waals surface area contributed by atoms with Crippen LogP contribution in [0.4, 0.5) is 0 Å². The van der Waals surface area contributed by atoms with Gasteiger partial charge in [-0.25, -0.2) is 0 Å². The molecule has 3 rings (SSSR count). The molecule has 0 radical (unpaired) electrons. The molecule has 2 aromatic rings. The van der Waals surface area contributed by atoms with Gasteiger partial charge in [-0.05, 0) is 49.6 Å². The highest BCUT2D eigenvalue weighted by atomic mass is 16.5. The van der Waals surface area contributed by atoms with Crippen molar-refractivity contribution in [3.8, 4) is 5.75 Å². The van der Waals surface area contributed by atoms with E-state index in [1.165, 1.54) is 5.56 Å². The molecule has 1 atom stereocenters. The van der Waals surface area contributed by atoms with Crippen molar-refractivity contribution in [2.45, 2.75) is 38.8 Å². The van der Waals surface area contributed by atoms with Crippen molar-refractivity contribution < 1.29 is 9.53 Å². The van der Waals surface area contributed by atoms with Crippen LogP contribution in [0.25, 0.3) is 0 Å². The normalized spacial score (nSPS) is 17.1. The number of amides is 1. The Bertz CT molecular complexity index is 709. The summed E-state index contributed by atoms with van der Waals surface area (Å²) in [6, 6.07) is 16.3. The molecular formula is C21H26N2O2. The average Bonchev–Trinajstić information content (AvgIpc) is 2.61. The van der Waals surface area contributed by atoms with Crippen LogP contribution in [0, 0.1) is 6.92 Å². The molecule has 1 fully saturated rings. The first-order valence-electron chi connectivity index (χ1n) is 8.96. The lowest BCUT2D eigenvalue weighted by Gasteiger charge is -2.23. The second-order valence-corrected chi connectivity index (χ2v) is 6.71. The number of carbonyl (C=O) groups excluding carboxylic acids is 1. The standard InChI is InChI=1S/C21H26N2O2/c1-16-5-2-7-18(11-16)15-25-20-9-3-6-17(12-20)13-21(24)23-19-8-4-10-22-14-19/h2-3,5-7,9,11-12,19,22H,4,8,10,13-15H2,1H3,(H,23,24). The van der Waals surface area contributed by atoms with Crippen LogP contribution in [0.2, 0.25) is 0 Å². The van der Waals surface area contributed by atoms with Crippen molar-refractivity contribution in [1.82, 2.24) is 10.6 Å². The van der Waals surface area contributed by atoms with Crippen molar-refractivity contribution in [1.29, 1.82) is 0 Å². The number of piperidine rings is 1. The molecule has 0 bridgehead atoms. The summed E-state index contributed by atoms with van der Waals surface area (Å²) in [5, 5.41) is 6.42. The molecule has 2 N–H and O–H groups in total. The van der Waals surface area contributed by atoms with Gasteiger partial charge in [-0.1, -0.05) is 42.0 Å². The number of nitrogens with one attached hydrogen (secondary N) is 2. The van der Waals surface area contributed by atoms with Gasteiger partial charge in [-0.15, -0.1) is 0 Å². The quantitative estimate of drug-likeness (QED) is 0.851. The minimum Gasteiger partial charge on any atom is -0.489 e. The Morgan fingerprint density at radius 2 is 2.04 bits per heavy atom. The summed E-state index contributed by atoms with van der Waals surface area (Å²) in [4.78, 5) is 12.2. The Morgan fingerprint density at radius 1 is 1.20 bits per heavy atom. The zero-order valence-electron chi connectivity index (χ0n) is 14.8. The third-order valence-corrected chi connectivity index (χ3v) is 4.41. The van der Waals surface area contributed by atoms with E-state index in [0.717, 1.165) is 42.8 Å². The van der Waals surface area contributed by atoms with Gasteiger partial charge < -0.3 is 15.4 Å². The molecule has 0 aliphatic carbocycles. The zero-order valence-corrected chi connectivity index (χ0v) is 14.8. The lowest BCUT2D eigenvalue weighted by atomic mass is 10.1. The van der Waals surface area contributed by atoms with Gasteiger partial charge in [0, 0.05) is 12.6 Å². The van der Waals surface area contributed by atoms with E-state index in [2.05, 4.69) is 35.8 Å².